The molecule has 0 aliphatic heterocycles. The van der Waals surface area contributed by atoms with Gasteiger partial charge in [0.15, 0.2) is 0 Å². The third kappa shape index (κ3) is 3.97. The molecule has 20 heavy (non-hydrogen) atoms. The predicted octanol–water partition coefficient (Wildman–Crippen LogP) is 5.00. The second kappa shape index (κ2) is 7.25. The minimum atomic E-state index is 0.0632. The molecule has 0 aromatic heterocycles. The number of amides is 1. The van der Waals surface area contributed by atoms with Crippen molar-refractivity contribution < 1.29 is 4.79 Å². The zero-order valence-electron chi connectivity index (χ0n) is 12.0. The van der Waals surface area contributed by atoms with Crippen LogP contribution in [0.2, 0.25) is 0 Å². The van der Waals surface area contributed by atoms with Crippen molar-refractivity contribution in [3.63, 3.8) is 0 Å². The lowest BCUT2D eigenvalue weighted by atomic mass is 9.78. The van der Waals surface area contributed by atoms with Crippen molar-refractivity contribution >= 4 is 44.4 Å². The Morgan fingerprint density at radius 2 is 2.05 bits per heavy atom. The van der Waals surface area contributed by atoms with Gasteiger partial charge in [-0.15, -0.1) is 0 Å². The molecule has 2 rings (SSSR count). The predicted molar refractivity (Wildman–Crippen MR) is 94.9 cm³/mol. The molecule has 1 aliphatic carbocycles. The van der Waals surface area contributed by atoms with Gasteiger partial charge < -0.3 is 5.32 Å². The van der Waals surface area contributed by atoms with E-state index >= 15 is 0 Å². The van der Waals surface area contributed by atoms with Gasteiger partial charge in [0.1, 0.15) is 0 Å². The summed E-state index contributed by atoms with van der Waals surface area (Å²) in [6.07, 6.45) is 4.87. The SMILES string of the molecule is CC(C)C1CCCCC1NC(=O)c1cc(Br)ccc1I. The number of carbonyl (C=O) groups is 1. The Bertz CT molecular complexity index is 489. The Balaban J connectivity index is 2.11. The van der Waals surface area contributed by atoms with Crippen LogP contribution in [-0.4, -0.2) is 11.9 Å². The number of benzene rings is 1. The maximum absolute atomic E-state index is 12.5. The van der Waals surface area contributed by atoms with E-state index in [1.54, 1.807) is 0 Å². The average Bonchev–Trinajstić information content (AvgIpc) is 2.41. The highest BCUT2D eigenvalue weighted by atomic mass is 127. The summed E-state index contributed by atoms with van der Waals surface area (Å²) in [4.78, 5) is 12.5. The zero-order valence-corrected chi connectivity index (χ0v) is 15.7. The maximum Gasteiger partial charge on any atom is 0.252 e. The molecule has 1 N–H and O–H groups in total. The van der Waals surface area contributed by atoms with Crippen LogP contribution in [0.3, 0.4) is 0 Å². The fourth-order valence-electron chi connectivity index (χ4n) is 3.05. The Morgan fingerprint density at radius 3 is 2.75 bits per heavy atom. The van der Waals surface area contributed by atoms with Crippen molar-refractivity contribution in [2.24, 2.45) is 11.8 Å². The molecule has 0 spiro atoms. The highest BCUT2D eigenvalue weighted by Gasteiger charge is 2.29. The van der Waals surface area contributed by atoms with Crippen molar-refractivity contribution in [3.05, 3.63) is 31.8 Å². The van der Waals surface area contributed by atoms with E-state index in [1.807, 2.05) is 18.2 Å². The van der Waals surface area contributed by atoms with Crippen LogP contribution in [0.4, 0.5) is 0 Å². The van der Waals surface area contributed by atoms with Crippen molar-refractivity contribution in [2.75, 3.05) is 0 Å². The Hall–Kier alpha value is -0.100. The molecule has 0 radical (unpaired) electrons. The number of hydrogen-bond donors (Lipinski definition) is 1. The highest BCUT2D eigenvalue weighted by molar-refractivity contribution is 14.1. The van der Waals surface area contributed by atoms with E-state index in [1.165, 1.54) is 19.3 Å². The lowest BCUT2D eigenvalue weighted by Gasteiger charge is -2.35. The minimum Gasteiger partial charge on any atom is -0.349 e. The first-order chi connectivity index (χ1) is 9.49. The van der Waals surface area contributed by atoms with Crippen molar-refractivity contribution in [1.82, 2.24) is 5.32 Å². The normalized spacial score (nSPS) is 22.9. The molecular weight excluding hydrogens is 429 g/mol. The highest BCUT2D eigenvalue weighted by Crippen LogP contribution is 2.30. The van der Waals surface area contributed by atoms with Gasteiger partial charge in [-0.25, -0.2) is 0 Å². The van der Waals surface area contributed by atoms with Crippen LogP contribution in [0, 0.1) is 15.4 Å². The van der Waals surface area contributed by atoms with E-state index in [2.05, 4.69) is 57.7 Å². The molecule has 2 nitrogen and oxygen atoms in total. The van der Waals surface area contributed by atoms with Crippen LogP contribution in [0.1, 0.15) is 49.9 Å². The van der Waals surface area contributed by atoms with Crippen LogP contribution < -0.4 is 5.32 Å². The van der Waals surface area contributed by atoms with E-state index in [9.17, 15) is 4.79 Å². The van der Waals surface area contributed by atoms with E-state index in [4.69, 9.17) is 0 Å². The molecule has 1 aromatic carbocycles. The molecule has 2 atom stereocenters. The number of halogens is 2. The van der Waals surface area contributed by atoms with Gasteiger partial charge in [0, 0.05) is 14.1 Å². The third-order valence-electron chi connectivity index (χ3n) is 4.17. The van der Waals surface area contributed by atoms with Gasteiger partial charge in [0.2, 0.25) is 0 Å². The van der Waals surface area contributed by atoms with Crippen LogP contribution in [0.15, 0.2) is 22.7 Å². The Kier molecular flexibility index (Phi) is 5.90. The van der Waals surface area contributed by atoms with E-state index in [0.29, 0.717) is 17.9 Å². The number of rotatable bonds is 3. The second-order valence-electron chi connectivity index (χ2n) is 5.90. The maximum atomic E-state index is 12.5. The summed E-state index contributed by atoms with van der Waals surface area (Å²) in [5, 5.41) is 3.27. The first-order valence-corrected chi connectivity index (χ1v) is 9.12. The number of nitrogens with one attached hydrogen (secondary N) is 1. The van der Waals surface area contributed by atoms with Gasteiger partial charge in [-0.1, -0.05) is 42.6 Å². The monoisotopic (exact) mass is 449 g/mol. The standard InChI is InChI=1S/C16H21BrINO/c1-10(2)12-5-3-4-6-15(12)19-16(20)13-9-11(17)7-8-14(13)18/h7-10,12,15H,3-6H2,1-2H3,(H,19,20). The summed E-state index contributed by atoms with van der Waals surface area (Å²) < 4.78 is 1.95. The smallest absolute Gasteiger partial charge is 0.252 e. The van der Waals surface area contributed by atoms with Crippen LogP contribution in [0.25, 0.3) is 0 Å². The summed E-state index contributed by atoms with van der Waals surface area (Å²) >= 11 is 5.67. The second-order valence-corrected chi connectivity index (χ2v) is 7.97. The van der Waals surface area contributed by atoms with Gasteiger partial charge in [0.25, 0.3) is 5.91 Å². The van der Waals surface area contributed by atoms with Gasteiger partial charge in [-0.3, -0.25) is 4.79 Å². The van der Waals surface area contributed by atoms with Crippen LogP contribution in [0.5, 0.6) is 0 Å². The molecule has 1 saturated carbocycles. The van der Waals surface area contributed by atoms with Gasteiger partial charge in [-0.2, -0.15) is 0 Å². The Labute approximate surface area is 143 Å². The number of carbonyl (C=O) groups excluding carboxylic acids is 1. The van der Waals surface area contributed by atoms with Crippen molar-refractivity contribution in [2.45, 2.75) is 45.6 Å². The number of hydrogen-bond acceptors (Lipinski definition) is 1. The van der Waals surface area contributed by atoms with E-state index in [-0.39, 0.29) is 5.91 Å². The molecule has 1 aliphatic rings. The third-order valence-corrected chi connectivity index (χ3v) is 5.60. The molecule has 2 unspecified atom stereocenters. The topological polar surface area (TPSA) is 29.1 Å². The van der Waals surface area contributed by atoms with Crippen molar-refractivity contribution in [3.8, 4) is 0 Å². The molecule has 1 amide bonds. The molecule has 110 valence electrons. The molecule has 0 heterocycles. The molecule has 1 aromatic rings. The molecule has 1 fully saturated rings. The summed E-state index contributed by atoms with van der Waals surface area (Å²) in [5.74, 6) is 1.30. The lowest BCUT2D eigenvalue weighted by molar-refractivity contribution is 0.0888. The average molecular weight is 450 g/mol. The fourth-order valence-corrected chi connectivity index (χ4v) is 4.00. The zero-order chi connectivity index (χ0) is 14.7. The first-order valence-electron chi connectivity index (χ1n) is 7.25. The summed E-state index contributed by atoms with van der Waals surface area (Å²) in [7, 11) is 0. The van der Waals surface area contributed by atoms with Crippen LogP contribution >= 0.6 is 38.5 Å². The first kappa shape index (κ1) is 16.3. The Morgan fingerprint density at radius 1 is 1.35 bits per heavy atom. The van der Waals surface area contributed by atoms with Gasteiger partial charge in [0.05, 0.1) is 5.56 Å². The fraction of sp³-hybridized carbons (Fsp3) is 0.562. The molecule has 4 heteroatoms. The lowest BCUT2D eigenvalue weighted by Crippen LogP contribution is -2.44. The summed E-state index contributed by atoms with van der Waals surface area (Å²) in [5.41, 5.74) is 0.771. The summed E-state index contributed by atoms with van der Waals surface area (Å²) in [6.45, 7) is 4.52. The van der Waals surface area contributed by atoms with Crippen LogP contribution in [-0.2, 0) is 0 Å². The molecular formula is C16H21BrINO. The van der Waals surface area contributed by atoms with Gasteiger partial charge in [-0.05, 0) is 65.5 Å². The summed E-state index contributed by atoms with van der Waals surface area (Å²) in [6, 6.07) is 6.17. The molecule has 0 saturated heterocycles. The van der Waals surface area contributed by atoms with Gasteiger partial charge >= 0.3 is 0 Å². The van der Waals surface area contributed by atoms with E-state index in [0.717, 1.165) is 20.0 Å². The van der Waals surface area contributed by atoms with E-state index < -0.39 is 0 Å². The minimum absolute atomic E-state index is 0.0632. The quantitative estimate of drug-likeness (QED) is 0.646. The van der Waals surface area contributed by atoms with Crippen molar-refractivity contribution in [1.29, 1.82) is 0 Å². The molecule has 0 bridgehead atoms. The largest absolute Gasteiger partial charge is 0.349 e.